The highest BCUT2D eigenvalue weighted by atomic mass is 32.2. The van der Waals surface area contributed by atoms with Gasteiger partial charge in [-0.1, -0.05) is 30.3 Å². The molecule has 0 aliphatic rings. The van der Waals surface area contributed by atoms with Gasteiger partial charge >= 0.3 is 10.0 Å². The summed E-state index contributed by atoms with van der Waals surface area (Å²) in [6.45, 7) is 0. The Morgan fingerprint density at radius 2 is 1.61 bits per heavy atom. The van der Waals surface area contributed by atoms with Crippen LogP contribution in [0.5, 0.6) is 0 Å². The van der Waals surface area contributed by atoms with E-state index in [1.165, 1.54) is 12.4 Å². The second-order valence-corrected chi connectivity index (χ2v) is 9.35. The number of hydrogen-bond acceptors (Lipinski definition) is 6. The second-order valence-electron chi connectivity index (χ2n) is 7.63. The molecular weight excluding hydrogens is 438 g/mol. The highest BCUT2D eigenvalue weighted by Gasteiger charge is 2.25. The van der Waals surface area contributed by atoms with Gasteiger partial charge in [0.05, 0.1) is 18.6 Å². The molecule has 33 heavy (non-hydrogen) atoms. The molecule has 0 aliphatic heterocycles. The lowest BCUT2D eigenvalue weighted by atomic mass is 10.1. The van der Waals surface area contributed by atoms with Crippen LogP contribution in [0.4, 0.5) is 0 Å². The first-order chi connectivity index (χ1) is 16.0. The van der Waals surface area contributed by atoms with Gasteiger partial charge in [-0.15, -0.1) is 0 Å². The Morgan fingerprint density at radius 1 is 0.758 bits per heavy atom. The van der Waals surface area contributed by atoms with E-state index >= 15 is 0 Å². The Morgan fingerprint density at radius 3 is 2.39 bits per heavy atom. The van der Waals surface area contributed by atoms with Crippen molar-refractivity contribution >= 4 is 26.7 Å². The number of nitrogens with zero attached hydrogens (tertiary/aromatic N) is 7. The Hall–Kier alpha value is -4.31. The number of hydrogen-bond donors (Lipinski definition) is 0. The molecule has 0 amide bonds. The Balaban J connectivity index is 1.51. The van der Waals surface area contributed by atoms with Crippen LogP contribution in [0.25, 0.3) is 38.9 Å². The number of imidazole rings is 1. The van der Waals surface area contributed by atoms with E-state index in [1.807, 2.05) is 49.6 Å². The fourth-order valence-corrected chi connectivity index (χ4v) is 5.18. The zero-order valence-corrected chi connectivity index (χ0v) is 18.3. The lowest BCUT2D eigenvalue weighted by Gasteiger charge is -2.08. The third-order valence-corrected chi connectivity index (χ3v) is 7.07. The third kappa shape index (κ3) is 3.11. The average Bonchev–Trinajstić information content (AvgIpc) is 3.56. The number of aromatic nitrogens is 7. The first-order valence-corrected chi connectivity index (χ1v) is 11.6. The van der Waals surface area contributed by atoms with Crippen LogP contribution < -0.4 is 0 Å². The summed E-state index contributed by atoms with van der Waals surface area (Å²) in [6, 6.07) is 15.2. The van der Waals surface area contributed by atoms with Gasteiger partial charge < -0.3 is 0 Å². The summed E-state index contributed by atoms with van der Waals surface area (Å²) in [7, 11) is -2.23. The van der Waals surface area contributed by atoms with Gasteiger partial charge in [0.15, 0.2) is 5.03 Å². The van der Waals surface area contributed by atoms with E-state index in [0.717, 1.165) is 26.3 Å². The summed E-state index contributed by atoms with van der Waals surface area (Å²) in [5.41, 5.74) is 4.82. The van der Waals surface area contributed by atoms with Crippen LogP contribution in [-0.4, -0.2) is 41.8 Å². The molecule has 0 bridgehead atoms. The van der Waals surface area contributed by atoms with Gasteiger partial charge in [-0.05, 0) is 29.3 Å². The zero-order valence-electron chi connectivity index (χ0n) is 17.4. The summed E-state index contributed by atoms with van der Waals surface area (Å²) >= 11 is 0. The minimum Gasteiger partial charge on any atom is -0.288 e. The number of benzene rings is 1. The van der Waals surface area contributed by atoms with Crippen molar-refractivity contribution in [2.24, 2.45) is 7.05 Å². The topological polar surface area (TPSA) is 100.0 Å². The molecule has 5 heterocycles. The summed E-state index contributed by atoms with van der Waals surface area (Å²) in [5.74, 6) is 0. The SMILES string of the molecule is Cn1cc(-c2cnc3cnn(S(=O)(=O)c4cnc5ccc(-c6ccccc6)cn45)c3c2)cn1. The molecule has 0 aliphatic carbocycles. The van der Waals surface area contributed by atoms with Crippen LogP contribution in [0, 0.1) is 0 Å². The molecule has 5 aromatic heterocycles. The van der Waals surface area contributed by atoms with E-state index in [1.54, 1.807) is 39.8 Å². The second kappa shape index (κ2) is 7.10. The number of rotatable bonds is 4. The quantitative estimate of drug-likeness (QED) is 0.404. The predicted octanol–water partition coefficient (Wildman–Crippen LogP) is 3.38. The van der Waals surface area contributed by atoms with Crippen molar-refractivity contribution in [1.82, 2.24) is 33.3 Å². The van der Waals surface area contributed by atoms with Crippen molar-refractivity contribution in [2.45, 2.75) is 5.03 Å². The Kier molecular flexibility index (Phi) is 4.17. The molecule has 0 radical (unpaired) electrons. The van der Waals surface area contributed by atoms with Gasteiger partial charge in [0.1, 0.15) is 16.7 Å². The largest absolute Gasteiger partial charge is 0.301 e. The number of pyridine rings is 2. The van der Waals surface area contributed by atoms with Crippen LogP contribution in [0.2, 0.25) is 0 Å². The van der Waals surface area contributed by atoms with Gasteiger partial charge in [-0.25, -0.2) is 4.98 Å². The maximum absolute atomic E-state index is 13.7. The van der Waals surface area contributed by atoms with Crippen LogP contribution in [0.3, 0.4) is 0 Å². The molecular formula is C23H17N7O2S. The van der Waals surface area contributed by atoms with Crippen molar-refractivity contribution in [1.29, 1.82) is 0 Å². The summed E-state index contributed by atoms with van der Waals surface area (Å²) in [4.78, 5) is 8.68. The molecule has 162 valence electrons. The minimum atomic E-state index is -4.05. The van der Waals surface area contributed by atoms with Crippen molar-refractivity contribution in [3.63, 3.8) is 0 Å². The molecule has 0 saturated heterocycles. The minimum absolute atomic E-state index is 0.0204. The van der Waals surface area contributed by atoms with E-state index in [0.29, 0.717) is 16.7 Å². The molecule has 0 atom stereocenters. The van der Waals surface area contributed by atoms with Crippen LogP contribution >= 0.6 is 0 Å². The van der Waals surface area contributed by atoms with Crippen molar-refractivity contribution in [3.05, 3.63) is 85.7 Å². The average molecular weight is 456 g/mol. The molecule has 0 fully saturated rings. The maximum Gasteiger partial charge on any atom is 0.301 e. The molecule has 0 saturated carbocycles. The smallest absolute Gasteiger partial charge is 0.288 e. The first-order valence-electron chi connectivity index (χ1n) is 10.1. The highest BCUT2D eigenvalue weighted by molar-refractivity contribution is 7.90. The van der Waals surface area contributed by atoms with Crippen molar-refractivity contribution in [3.8, 4) is 22.3 Å². The van der Waals surface area contributed by atoms with E-state index in [4.69, 9.17) is 0 Å². The molecule has 1 aromatic carbocycles. The first kappa shape index (κ1) is 19.4. The fourth-order valence-electron chi connectivity index (χ4n) is 3.84. The van der Waals surface area contributed by atoms with Gasteiger partial charge in [0.2, 0.25) is 0 Å². The standard InChI is InChI=1S/C23H17N7O2S/c1-28-14-19(11-26-28)18-9-21-20(24-10-18)12-27-30(21)33(31,32)23-13-25-22-8-7-17(15-29(22)23)16-5-3-2-4-6-16/h2-15H,1H3. The van der Waals surface area contributed by atoms with Gasteiger partial charge in [-0.3, -0.25) is 14.1 Å². The van der Waals surface area contributed by atoms with Crippen molar-refractivity contribution in [2.75, 3.05) is 0 Å². The molecule has 0 N–H and O–H groups in total. The lowest BCUT2D eigenvalue weighted by molar-refractivity contribution is 0.577. The summed E-state index contributed by atoms with van der Waals surface area (Å²) in [5, 5.41) is 8.35. The summed E-state index contributed by atoms with van der Waals surface area (Å²) < 4.78 is 31.6. The number of fused-ring (bicyclic) bond motifs is 2. The molecule has 0 unspecified atom stereocenters. The van der Waals surface area contributed by atoms with E-state index in [9.17, 15) is 8.42 Å². The maximum atomic E-state index is 13.7. The van der Waals surface area contributed by atoms with E-state index in [2.05, 4.69) is 20.2 Å². The van der Waals surface area contributed by atoms with Crippen molar-refractivity contribution < 1.29 is 8.42 Å². The Bertz CT molecular complexity index is 1750. The molecule has 9 nitrogen and oxygen atoms in total. The van der Waals surface area contributed by atoms with Gasteiger partial charge in [0.25, 0.3) is 0 Å². The monoisotopic (exact) mass is 455 g/mol. The van der Waals surface area contributed by atoms with Crippen LogP contribution in [-0.2, 0) is 17.1 Å². The zero-order chi connectivity index (χ0) is 22.6. The lowest BCUT2D eigenvalue weighted by Crippen LogP contribution is -2.16. The highest BCUT2D eigenvalue weighted by Crippen LogP contribution is 2.26. The Labute approximate surface area is 188 Å². The van der Waals surface area contributed by atoms with E-state index < -0.39 is 10.0 Å². The van der Waals surface area contributed by atoms with E-state index in [-0.39, 0.29) is 5.03 Å². The van der Waals surface area contributed by atoms with Crippen LogP contribution in [0.15, 0.2) is 90.7 Å². The fraction of sp³-hybridized carbons (Fsp3) is 0.0435. The van der Waals surface area contributed by atoms with Gasteiger partial charge in [0, 0.05) is 36.8 Å². The van der Waals surface area contributed by atoms with Gasteiger partial charge in [-0.2, -0.15) is 22.7 Å². The molecule has 10 heteroatoms. The predicted molar refractivity (Wildman–Crippen MR) is 123 cm³/mol. The van der Waals surface area contributed by atoms with Crippen LogP contribution in [0.1, 0.15) is 0 Å². The third-order valence-electron chi connectivity index (χ3n) is 5.50. The normalized spacial score (nSPS) is 12.0. The molecule has 6 rings (SSSR count). The summed E-state index contributed by atoms with van der Waals surface area (Å²) in [6.07, 6.45) is 9.79. The molecule has 0 spiro atoms. The molecule has 6 aromatic rings. The number of aryl methyl sites for hydroxylation is 1.